The summed E-state index contributed by atoms with van der Waals surface area (Å²) < 4.78 is 5.57. The summed E-state index contributed by atoms with van der Waals surface area (Å²) >= 11 is 2.91. The zero-order chi connectivity index (χ0) is 16.6. The van der Waals surface area contributed by atoms with E-state index in [0.29, 0.717) is 23.1 Å². The van der Waals surface area contributed by atoms with Crippen molar-refractivity contribution in [3.63, 3.8) is 0 Å². The summed E-state index contributed by atoms with van der Waals surface area (Å²) in [5, 5.41) is 11.8. The molecular weight excluding hydrogens is 332 g/mol. The number of nitrogens with zero attached hydrogens (tertiary/aromatic N) is 3. The molecule has 0 aromatic carbocycles. The number of carbonyl (C=O) groups is 1. The molecular formula is C15H16N4O2S2. The van der Waals surface area contributed by atoms with Crippen molar-refractivity contribution in [1.82, 2.24) is 15.2 Å². The first kappa shape index (κ1) is 15.8. The summed E-state index contributed by atoms with van der Waals surface area (Å²) in [4.78, 5) is 19.2. The van der Waals surface area contributed by atoms with E-state index < -0.39 is 0 Å². The Balaban J connectivity index is 1.84. The van der Waals surface area contributed by atoms with Crippen LogP contribution in [0, 0.1) is 20.8 Å². The minimum absolute atomic E-state index is 0.139. The average Bonchev–Trinajstić information content (AvgIpc) is 3.19. The molecule has 0 fully saturated rings. The van der Waals surface area contributed by atoms with E-state index in [2.05, 4.69) is 20.5 Å². The van der Waals surface area contributed by atoms with E-state index in [1.54, 1.807) is 0 Å². The normalized spacial score (nSPS) is 11.0. The fourth-order valence-electron chi connectivity index (χ4n) is 2.13. The lowest BCUT2D eigenvalue weighted by molar-refractivity contribution is 0.103. The molecule has 0 saturated carbocycles. The lowest BCUT2D eigenvalue weighted by Gasteiger charge is -2.02. The van der Waals surface area contributed by atoms with Crippen LogP contribution in [0.15, 0.2) is 10.5 Å². The van der Waals surface area contributed by atoms with Crippen molar-refractivity contribution in [3.05, 3.63) is 32.4 Å². The molecule has 3 aromatic rings. The van der Waals surface area contributed by atoms with Crippen molar-refractivity contribution in [1.29, 1.82) is 0 Å². The van der Waals surface area contributed by atoms with Crippen LogP contribution in [0.3, 0.4) is 0 Å². The van der Waals surface area contributed by atoms with Gasteiger partial charge in [-0.05, 0) is 26.8 Å². The SMILES string of the molecule is CCc1nnc(-c2cc(NC(=O)c3sc(C)nc3C)c(C)s2)o1. The maximum atomic E-state index is 12.4. The minimum atomic E-state index is -0.139. The predicted molar refractivity (Wildman–Crippen MR) is 91.3 cm³/mol. The molecule has 0 radical (unpaired) electrons. The van der Waals surface area contributed by atoms with Crippen LogP contribution in [0.5, 0.6) is 0 Å². The van der Waals surface area contributed by atoms with Gasteiger partial charge in [-0.1, -0.05) is 6.92 Å². The molecule has 3 aromatic heterocycles. The van der Waals surface area contributed by atoms with Crippen molar-refractivity contribution in [2.45, 2.75) is 34.1 Å². The van der Waals surface area contributed by atoms with Gasteiger partial charge in [0.05, 0.1) is 21.3 Å². The van der Waals surface area contributed by atoms with E-state index in [0.717, 1.165) is 26.1 Å². The maximum Gasteiger partial charge on any atom is 0.267 e. The zero-order valence-corrected chi connectivity index (χ0v) is 14.9. The second-order valence-electron chi connectivity index (χ2n) is 5.04. The van der Waals surface area contributed by atoms with Gasteiger partial charge in [-0.15, -0.1) is 32.9 Å². The monoisotopic (exact) mass is 348 g/mol. The van der Waals surface area contributed by atoms with Gasteiger partial charge in [0.25, 0.3) is 11.8 Å². The second kappa shape index (κ2) is 6.21. The van der Waals surface area contributed by atoms with Gasteiger partial charge in [0.1, 0.15) is 4.88 Å². The molecule has 0 atom stereocenters. The van der Waals surface area contributed by atoms with Gasteiger partial charge in [0, 0.05) is 11.3 Å². The summed E-state index contributed by atoms with van der Waals surface area (Å²) in [5.74, 6) is 0.952. The van der Waals surface area contributed by atoms with Gasteiger partial charge in [0.2, 0.25) is 5.89 Å². The highest BCUT2D eigenvalue weighted by molar-refractivity contribution is 7.16. The Hall–Kier alpha value is -2.06. The van der Waals surface area contributed by atoms with Crippen LogP contribution in [0.2, 0.25) is 0 Å². The summed E-state index contributed by atoms with van der Waals surface area (Å²) in [6, 6.07) is 1.87. The molecule has 3 heterocycles. The summed E-state index contributed by atoms with van der Waals surface area (Å²) in [5.41, 5.74) is 1.51. The zero-order valence-electron chi connectivity index (χ0n) is 13.3. The van der Waals surface area contributed by atoms with Gasteiger partial charge in [-0.3, -0.25) is 4.79 Å². The Morgan fingerprint density at radius 1 is 1.26 bits per heavy atom. The number of aromatic nitrogens is 3. The van der Waals surface area contributed by atoms with E-state index >= 15 is 0 Å². The fourth-order valence-corrected chi connectivity index (χ4v) is 3.84. The fraction of sp³-hybridized carbons (Fsp3) is 0.333. The smallest absolute Gasteiger partial charge is 0.267 e. The number of anilines is 1. The third-order valence-electron chi connectivity index (χ3n) is 3.26. The Morgan fingerprint density at radius 2 is 2.04 bits per heavy atom. The van der Waals surface area contributed by atoms with Crippen molar-refractivity contribution in [2.75, 3.05) is 5.32 Å². The number of amides is 1. The molecule has 0 aliphatic rings. The molecule has 0 bridgehead atoms. The van der Waals surface area contributed by atoms with Crippen molar-refractivity contribution in [3.8, 4) is 10.8 Å². The Morgan fingerprint density at radius 3 is 2.65 bits per heavy atom. The lowest BCUT2D eigenvalue weighted by atomic mass is 10.3. The van der Waals surface area contributed by atoms with Crippen molar-refractivity contribution in [2.24, 2.45) is 0 Å². The van der Waals surface area contributed by atoms with E-state index in [-0.39, 0.29) is 5.91 Å². The molecule has 0 spiro atoms. The molecule has 0 unspecified atom stereocenters. The largest absolute Gasteiger partial charge is 0.420 e. The molecule has 3 rings (SSSR count). The van der Waals surface area contributed by atoms with Crippen LogP contribution < -0.4 is 5.32 Å². The number of nitrogens with one attached hydrogen (secondary N) is 1. The number of aryl methyl sites for hydroxylation is 4. The number of thiazole rings is 1. The molecule has 1 N–H and O–H groups in total. The van der Waals surface area contributed by atoms with Gasteiger partial charge in [-0.2, -0.15) is 0 Å². The van der Waals surface area contributed by atoms with Gasteiger partial charge < -0.3 is 9.73 Å². The summed E-state index contributed by atoms with van der Waals surface area (Å²) in [7, 11) is 0. The molecule has 6 nitrogen and oxygen atoms in total. The predicted octanol–water partition coefficient (Wildman–Crippen LogP) is 3.99. The third kappa shape index (κ3) is 3.18. The molecule has 0 aliphatic carbocycles. The Kier molecular flexibility index (Phi) is 4.27. The first-order valence-corrected chi connectivity index (χ1v) is 8.79. The van der Waals surface area contributed by atoms with Crippen LogP contribution in [-0.2, 0) is 6.42 Å². The highest BCUT2D eigenvalue weighted by Crippen LogP contribution is 2.34. The minimum Gasteiger partial charge on any atom is -0.420 e. The first-order valence-electron chi connectivity index (χ1n) is 7.16. The van der Waals surface area contributed by atoms with Gasteiger partial charge >= 0.3 is 0 Å². The van der Waals surface area contributed by atoms with E-state index in [1.807, 2.05) is 33.8 Å². The molecule has 23 heavy (non-hydrogen) atoms. The number of thiophene rings is 1. The van der Waals surface area contributed by atoms with Crippen molar-refractivity contribution < 1.29 is 9.21 Å². The van der Waals surface area contributed by atoms with Crippen LogP contribution >= 0.6 is 22.7 Å². The van der Waals surface area contributed by atoms with Crippen LogP contribution in [0.1, 0.15) is 38.1 Å². The van der Waals surface area contributed by atoms with Gasteiger partial charge in [0.15, 0.2) is 0 Å². The summed E-state index contributed by atoms with van der Waals surface area (Å²) in [6.07, 6.45) is 0.699. The van der Waals surface area contributed by atoms with E-state index in [4.69, 9.17) is 4.42 Å². The van der Waals surface area contributed by atoms with Gasteiger partial charge in [-0.25, -0.2) is 4.98 Å². The van der Waals surface area contributed by atoms with Crippen LogP contribution in [-0.4, -0.2) is 21.1 Å². The highest BCUT2D eigenvalue weighted by atomic mass is 32.1. The summed E-state index contributed by atoms with van der Waals surface area (Å²) in [6.45, 7) is 7.64. The molecule has 0 saturated heterocycles. The average molecular weight is 348 g/mol. The second-order valence-corrected chi connectivity index (χ2v) is 7.50. The molecule has 1 amide bonds. The van der Waals surface area contributed by atoms with Crippen LogP contribution in [0.4, 0.5) is 5.69 Å². The molecule has 120 valence electrons. The van der Waals surface area contributed by atoms with E-state index in [1.165, 1.54) is 22.7 Å². The maximum absolute atomic E-state index is 12.4. The van der Waals surface area contributed by atoms with Crippen LogP contribution in [0.25, 0.3) is 10.8 Å². The first-order chi connectivity index (χ1) is 11.0. The topological polar surface area (TPSA) is 80.9 Å². The van der Waals surface area contributed by atoms with Crippen molar-refractivity contribution >= 4 is 34.3 Å². The number of rotatable bonds is 4. The highest BCUT2D eigenvalue weighted by Gasteiger charge is 2.18. The van der Waals surface area contributed by atoms with E-state index in [9.17, 15) is 4.79 Å². The third-order valence-corrected chi connectivity index (χ3v) is 5.37. The standard InChI is InChI=1S/C15H16N4O2S2/c1-5-12-18-19-15(21-12)11-6-10(8(3)22-11)17-14(20)13-7(2)16-9(4)23-13/h6H,5H2,1-4H3,(H,17,20). The molecule has 8 heteroatoms. The Labute approximate surface area is 141 Å². The Bertz CT molecular complexity index is 863. The number of hydrogen-bond acceptors (Lipinski definition) is 7. The number of carbonyl (C=O) groups excluding carboxylic acids is 1. The number of hydrogen-bond donors (Lipinski definition) is 1. The quantitative estimate of drug-likeness (QED) is 0.771. The lowest BCUT2D eigenvalue weighted by Crippen LogP contribution is -2.11. The molecule has 0 aliphatic heterocycles.